The zero-order valence-corrected chi connectivity index (χ0v) is 7.39. The highest BCUT2D eigenvalue weighted by molar-refractivity contribution is 6.08. The van der Waals surface area contributed by atoms with Gasteiger partial charge in [0.15, 0.2) is 0 Å². The van der Waals surface area contributed by atoms with Crippen LogP contribution in [-0.4, -0.2) is 28.6 Å². The second kappa shape index (κ2) is 2.38. The number of aryl methyl sites for hydroxylation is 1. The van der Waals surface area contributed by atoms with Crippen LogP contribution in [0.1, 0.15) is 11.2 Å². The maximum atomic E-state index is 11.3. The highest BCUT2D eigenvalue weighted by Gasteiger charge is 2.37. The first-order chi connectivity index (χ1) is 6.11. The Kier molecular flexibility index (Phi) is 1.45. The van der Waals surface area contributed by atoms with Crippen molar-refractivity contribution in [3.05, 3.63) is 6.33 Å². The third-order valence-electron chi connectivity index (χ3n) is 2.06. The number of fused-ring (bicyclic) bond motifs is 1. The summed E-state index contributed by atoms with van der Waals surface area (Å²) in [6, 6.07) is 0. The quantitative estimate of drug-likeness (QED) is 0.370. The van der Waals surface area contributed by atoms with Gasteiger partial charge in [-0.3, -0.25) is 9.59 Å². The number of rotatable bonds is 0. The summed E-state index contributed by atoms with van der Waals surface area (Å²) in [5.74, 6) is 0.0218. The van der Waals surface area contributed by atoms with Crippen LogP contribution in [0.4, 0.5) is 5.95 Å². The van der Waals surface area contributed by atoms with Crippen molar-refractivity contribution >= 4 is 17.8 Å². The van der Waals surface area contributed by atoms with Gasteiger partial charge in [-0.05, 0) is 9.78 Å². The van der Waals surface area contributed by atoms with Gasteiger partial charge in [0.05, 0.1) is 14.1 Å². The predicted molar refractivity (Wildman–Crippen MR) is 42.1 cm³/mol. The minimum atomic E-state index is -0.279. The molecule has 1 amide bonds. The molecular weight excluding hydrogens is 172 g/mol. The van der Waals surface area contributed by atoms with Gasteiger partial charge < -0.3 is 0 Å². The standard InChI is InChI=1S/C7H9N4O2/c1-9-4-8-11-6(13)3-5(12)10(2)7(9)11/h4H,3H2,1-2H3/q+1. The third kappa shape index (κ3) is 0.947. The monoisotopic (exact) mass is 181 g/mol. The average Bonchev–Trinajstić information content (AvgIpc) is 2.44. The molecule has 0 fully saturated rings. The van der Waals surface area contributed by atoms with Gasteiger partial charge in [-0.25, -0.2) is 9.47 Å². The lowest BCUT2D eigenvalue weighted by atomic mass is 10.3. The van der Waals surface area contributed by atoms with Crippen LogP contribution in [0.2, 0.25) is 0 Å². The first-order valence-corrected chi connectivity index (χ1v) is 3.84. The number of anilines is 1. The Labute approximate surface area is 74.4 Å². The SMILES string of the molecule is CN1C(=O)CC(=O)n2nc[n+](C)c21. The number of hydrogen-bond acceptors (Lipinski definition) is 3. The molecule has 1 aromatic rings. The van der Waals surface area contributed by atoms with Crippen molar-refractivity contribution in [2.24, 2.45) is 7.05 Å². The van der Waals surface area contributed by atoms with Gasteiger partial charge in [0, 0.05) is 0 Å². The summed E-state index contributed by atoms with van der Waals surface area (Å²) >= 11 is 0. The Morgan fingerprint density at radius 3 is 2.85 bits per heavy atom. The van der Waals surface area contributed by atoms with Gasteiger partial charge in [0.1, 0.15) is 6.42 Å². The number of carbonyl (C=O) groups is 2. The summed E-state index contributed by atoms with van der Waals surface area (Å²) in [5, 5.41) is 3.86. The Balaban J connectivity index is 2.63. The van der Waals surface area contributed by atoms with Gasteiger partial charge in [-0.2, -0.15) is 0 Å². The Bertz CT molecular complexity index is 395. The van der Waals surface area contributed by atoms with E-state index in [-0.39, 0.29) is 18.2 Å². The summed E-state index contributed by atoms with van der Waals surface area (Å²) in [7, 11) is 3.36. The molecule has 0 N–H and O–H groups in total. The Morgan fingerprint density at radius 2 is 2.15 bits per heavy atom. The molecule has 2 heterocycles. The summed E-state index contributed by atoms with van der Waals surface area (Å²) in [6.07, 6.45) is 1.40. The lowest BCUT2D eigenvalue weighted by Crippen LogP contribution is -2.45. The van der Waals surface area contributed by atoms with Gasteiger partial charge in [-0.15, -0.1) is 0 Å². The van der Waals surface area contributed by atoms with Crippen LogP contribution in [-0.2, 0) is 11.8 Å². The van der Waals surface area contributed by atoms with Crippen LogP contribution in [0.5, 0.6) is 0 Å². The summed E-state index contributed by atoms with van der Waals surface area (Å²) in [6.45, 7) is 0. The van der Waals surface area contributed by atoms with Crippen LogP contribution in [0, 0.1) is 0 Å². The smallest absolute Gasteiger partial charge is 0.260 e. The zero-order chi connectivity index (χ0) is 9.59. The van der Waals surface area contributed by atoms with Crippen molar-refractivity contribution in [2.45, 2.75) is 6.42 Å². The molecule has 0 saturated carbocycles. The minimum absolute atomic E-state index is 0.106. The van der Waals surface area contributed by atoms with E-state index in [0.717, 1.165) is 0 Å². The Morgan fingerprint density at radius 1 is 1.46 bits per heavy atom. The average molecular weight is 181 g/mol. The summed E-state index contributed by atoms with van der Waals surface area (Å²) in [5.41, 5.74) is 0. The predicted octanol–water partition coefficient (Wildman–Crippen LogP) is -1.29. The van der Waals surface area contributed by atoms with E-state index in [0.29, 0.717) is 5.95 Å². The highest BCUT2D eigenvalue weighted by atomic mass is 16.2. The number of carbonyl (C=O) groups excluding carboxylic acids is 2. The maximum absolute atomic E-state index is 11.3. The first-order valence-electron chi connectivity index (χ1n) is 3.84. The van der Waals surface area contributed by atoms with E-state index in [4.69, 9.17) is 0 Å². The zero-order valence-electron chi connectivity index (χ0n) is 7.39. The molecule has 68 valence electrons. The highest BCUT2D eigenvalue weighted by Crippen LogP contribution is 2.13. The van der Waals surface area contributed by atoms with Crippen molar-refractivity contribution in [3.8, 4) is 0 Å². The van der Waals surface area contributed by atoms with Crippen molar-refractivity contribution < 1.29 is 14.2 Å². The van der Waals surface area contributed by atoms with Crippen LogP contribution in [0.3, 0.4) is 0 Å². The first kappa shape index (κ1) is 7.90. The van der Waals surface area contributed by atoms with E-state index >= 15 is 0 Å². The second-order valence-electron chi connectivity index (χ2n) is 2.98. The molecule has 0 spiro atoms. The lowest BCUT2D eigenvalue weighted by molar-refractivity contribution is -0.658. The van der Waals surface area contributed by atoms with Crippen molar-refractivity contribution in [2.75, 3.05) is 11.9 Å². The van der Waals surface area contributed by atoms with Crippen LogP contribution in [0.15, 0.2) is 6.33 Å². The second-order valence-corrected chi connectivity index (χ2v) is 2.98. The van der Waals surface area contributed by atoms with Crippen molar-refractivity contribution in [1.29, 1.82) is 0 Å². The van der Waals surface area contributed by atoms with Gasteiger partial charge in [0.2, 0.25) is 6.33 Å². The van der Waals surface area contributed by atoms with Gasteiger partial charge in [-0.1, -0.05) is 0 Å². The normalized spacial score (nSPS) is 16.3. The van der Waals surface area contributed by atoms with Gasteiger partial charge in [0.25, 0.3) is 5.91 Å². The summed E-state index contributed by atoms with van der Waals surface area (Å²) in [4.78, 5) is 24.0. The van der Waals surface area contributed by atoms with E-state index in [1.54, 1.807) is 18.7 Å². The molecule has 13 heavy (non-hydrogen) atoms. The van der Waals surface area contributed by atoms with Crippen LogP contribution >= 0.6 is 0 Å². The minimum Gasteiger partial charge on any atom is -0.260 e. The van der Waals surface area contributed by atoms with E-state index in [9.17, 15) is 9.59 Å². The maximum Gasteiger partial charge on any atom is 0.361 e. The lowest BCUT2D eigenvalue weighted by Gasteiger charge is -2.15. The molecular formula is C7H9N4O2+. The molecule has 2 rings (SSSR count). The molecule has 0 aliphatic carbocycles. The number of aromatic nitrogens is 3. The molecule has 6 nitrogen and oxygen atoms in total. The van der Waals surface area contributed by atoms with E-state index < -0.39 is 0 Å². The fraction of sp³-hybridized carbons (Fsp3) is 0.429. The fourth-order valence-electron chi connectivity index (χ4n) is 1.37. The number of nitrogens with zero attached hydrogens (tertiary/aromatic N) is 4. The van der Waals surface area contributed by atoms with E-state index in [2.05, 4.69) is 5.10 Å². The topological polar surface area (TPSA) is 59.1 Å². The fourth-order valence-corrected chi connectivity index (χ4v) is 1.37. The molecule has 1 aliphatic heterocycles. The van der Waals surface area contributed by atoms with E-state index in [1.165, 1.54) is 15.9 Å². The molecule has 6 heteroatoms. The molecule has 0 bridgehead atoms. The molecule has 1 aliphatic rings. The molecule has 0 aromatic carbocycles. The molecule has 0 saturated heterocycles. The summed E-state index contributed by atoms with van der Waals surface area (Å²) < 4.78 is 2.87. The largest absolute Gasteiger partial charge is 0.361 e. The van der Waals surface area contributed by atoms with Crippen molar-refractivity contribution in [1.82, 2.24) is 9.78 Å². The van der Waals surface area contributed by atoms with Crippen LogP contribution < -0.4 is 9.47 Å². The molecule has 0 atom stereocenters. The third-order valence-corrected chi connectivity index (χ3v) is 2.06. The molecule has 0 unspecified atom stereocenters. The Hall–Kier alpha value is -1.72. The number of amides is 1. The van der Waals surface area contributed by atoms with E-state index in [1.807, 2.05) is 0 Å². The van der Waals surface area contributed by atoms with Crippen molar-refractivity contribution in [3.63, 3.8) is 0 Å². The molecule has 0 radical (unpaired) electrons. The van der Waals surface area contributed by atoms with Crippen LogP contribution in [0.25, 0.3) is 0 Å². The van der Waals surface area contributed by atoms with Gasteiger partial charge >= 0.3 is 11.9 Å². The molecule has 1 aromatic heterocycles. The number of hydrogen-bond donors (Lipinski definition) is 0.